The molecule has 1 saturated heterocycles. The minimum absolute atomic E-state index is 0.0996. The summed E-state index contributed by atoms with van der Waals surface area (Å²) in [5, 5.41) is 7.42. The fraction of sp³-hybridized carbons (Fsp3) is 0.381. The summed E-state index contributed by atoms with van der Waals surface area (Å²) in [6.45, 7) is 4.63. The zero-order valence-corrected chi connectivity index (χ0v) is 16.7. The first kappa shape index (κ1) is 19.0. The van der Waals surface area contributed by atoms with E-state index in [1.54, 1.807) is 37.1 Å². The van der Waals surface area contributed by atoms with Crippen LogP contribution in [0.15, 0.2) is 33.2 Å². The van der Waals surface area contributed by atoms with Gasteiger partial charge in [-0.2, -0.15) is 0 Å². The largest absolute Gasteiger partial charge is 0.497 e. The molecule has 0 radical (unpaired) electrons. The fourth-order valence-electron chi connectivity index (χ4n) is 3.67. The highest BCUT2D eigenvalue weighted by Gasteiger charge is 2.30. The van der Waals surface area contributed by atoms with Crippen molar-refractivity contribution in [2.24, 2.45) is 5.92 Å². The molecular formula is C21H23N3O5. The standard InChI is InChI=1S/C21H23N3O5/c1-12-10-18(23-29-12)22-20(25)14-6-8-24(9-7-14)21(26)19-13(2)16-11-15(27-3)4-5-17(16)28-19/h4-5,10-11,14H,6-9H2,1-3H3,(H,22,23,25). The quantitative estimate of drug-likeness (QED) is 0.723. The average molecular weight is 397 g/mol. The molecular weight excluding hydrogens is 374 g/mol. The maximum Gasteiger partial charge on any atom is 0.289 e. The number of amides is 2. The minimum Gasteiger partial charge on any atom is -0.497 e. The summed E-state index contributed by atoms with van der Waals surface area (Å²) in [6.07, 6.45) is 1.17. The molecule has 0 aliphatic carbocycles. The number of nitrogens with zero attached hydrogens (tertiary/aromatic N) is 2. The molecule has 1 aromatic carbocycles. The number of carbonyl (C=O) groups is 2. The second-order valence-electron chi connectivity index (χ2n) is 7.30. The van der Waals surface area contributed by atoms with E-state index < -0.39 is 0 Å². The second-order valence-corrected chi connectivity index (χ2v) is 7.30. The summed E-state index contributed by atoms with van der Waals surface area (Å²) < 4.78 is 16.0. The number of fused-ring (bicyclic) bond motifs is 1. The van der Waals surface area contributed by atoms with Gasteiger partial charge in [0.25, 0.3) is 5.91 Å². The first-order valence-corrected chi connectivity index (χ1v) is 9.57. The normalized spacial score (nSPS) is 14.9. The highest BCUT2D eigenvalue weighted by molar-refractivity contribution is 5.99. The van der Waals surface area contributed by atoms with Crippen LogP contribution in [0.1, 0.15) is 34.7 Å². The van der Waals surface area contributed by atoms with Crippen LogP contribution in [-0.2, 0) is 4.79 Å². The molecule has 3 aromatic rings. The smallest absolute Gasteiger partial charge is 0.289 e. The number of furan rings is 1. The fourth-order valence-corrected chi connectivity index (χ4v) is 3.67. The predicted molar refractivity (Wildman–Crippen MR) is 106 cm³/mol. The van der Waals surface area contributed by atoms with E-state index in [0.29, 0.717) is 48.9 Å². The molecule has 2 aromatic heterocycles. The van der Waals surface area contributed by atoms with E-state index in [0.717, 1.165) is 16.7 Å². The van der Waals surface area contributed by atoms with E-state index in [9.17, 15) is 9.59 Å². The number of anilines is 1. The molecule has 1 N–H and O–H groups in total. The molecule has 0 spiro atoms. The number of hydrogen-bond donors (Lipinski definition) is 1. The van der Waals surface area contributed by atoms with Crippen LogP contribution in [0.2, 0.25) is 0 Å². The van der Waals surface area contributed by atoms with E-state index in [2.05, 4.69) is 10.5 Å². The highest BCUT2D eigenvalue weighted by atomic mass is 16.5. The lowest BCUT2D eigenvalue weighted by molar-refractivity contribution is -0.121. The molecule has 29 heavy (non-hydrogen) atoms. The van der Waals surface area contributed by atoms with Gasteiger partial charge in [0.15, 0.2) is 11.6 Å². The lowest BCUT2D eigenvalue weighted by atomic mass is 9.95. The Hall–Kier alpha value is -3.29. The van der Waals surface area contributed by atoms with Crippen LogP contribution < -0.4 is 10.1 Å². The topological polar surface area (TPSA) is 97.8 Å². The van der Waals surface area contributed by atoms with Crippen LogP contribution in [0.5, 0.6) is 5.75 Å². The summed E-state index contributed by atoms with van der Waals surface area (Å²) in [5.41, 5.74) is 1.45. The molecule has 8 heteroatoms. The van der Waals surface area contributed by atoms with Crippen molar-refractivity contribution < 1.29 is 23.3 Å². The van der Waals surface area contributed by atoms with Gasteiger partial charge >= 0.3 is 0 Å². The van der Waals surface area contributed by atoms with Crippen LogP contribution in [0, 0.1) is 19.8 Å². The van der Waals surface area contributed by atoms with E-state index in [4.69, 9.17) is 13.7 Å². The molecule has 152 valence electrons. The molecule has 4 rings (SSSR count). The van der Waals surface area contributed by atoms with Gasteiger partial charge in [-0.05, 0) is 44.9 Å². The summed E-state index contributed by atoms with van der Waals surface area (Å²) in [4.78, 5) is 27.2. The predicted octanol–water partition coefficient (Wildman–Crippen LogP) is 3.54. The highest BCUT2D eigenvalue weighted by Crippen LogP contribution is 2.30. The molecule has 1 aliphatic heterocycles. The van der Waals surface area contributed by atoms with Gasteiger partial charge in [0.2, 0.25) is 5.91 Å². The number of aromatic nitrogens is 1. The number of rotatable bonds is 4. The van der Waals surface area contributed by atoms with Gasteiger partial charge in [0.1, 0.15) is 17.1 Å². The van der Waals surface area contributed by atoms with E-state index in [-0.39, 0.29) is 17.7 Å². The van der Waals surface area contributed by atoms with Gasteiger partial charge in [-0.1, -0.05) is 5.16 Å². The number of hydrogen-bond acceptors (Lipinski definition) is 6. The molecule has 3 heterocycles. The summed E-state index contributed by atoms with van der Waals surface area (Å²) in [7, 11) is 1.60. The van der Waals surface area contributed by atoms with Gasteiger partial charge in [-0.25, -0.2) is 0 Å². The lowest BCUT2D eigenvalue weighted by Crippen LogP contribution is -2.41. The molecule has 1 fully saturated rings. The average Bonchev–Trinajstić information content (AvgIpc) is 3.30. The Labute approximate surface area is 167 Å². The third-order valence-electron chi connectivity index (χ3n) is 5.37. The monoisotopic (exact) mass is 397 g/mol. The number of likely N-dealkylation sites (tertiary alicyclic amines) is 1. The van der Waals surface area contributed by atoms with Gasteiger partial charge < -0.3 is 23.9 Å². The third kappa shape index (κ3) is 3.70. The first-order chi connectivity index (χ1) is 14.0. The van der Waals surface area contributed by atoms with Crippen molar-refractivity contribution in [3.8, 4) is 5.75 Å². The summed E-state index contributed by atoms with van der Waals surface area (Å²) >= 11 is 0. The number of piperidine rings is 1. The Morgan fingerprint density at radius 2 is 1.97 bits per heavy atom. The maximum absolute atomic E-state index is 13.0. The zero-order valence-electron chi connectivity index (χ0n) is 16.7. The molecule has 1 aliphatic rings. The van der Waals surface area contributed by atoms with Crippen molar-refractivity contribution in [3.63, 3.8) is 0 Å². The minimum atomic E-state index is -0.169. The van der Waals surface area contributed by atoms with Gasteiger partial charge in [0, 0.05) is 36.0 Å². The molecule has 8 nitrogen and oxygen atoms in total. The first-order valence-electron chi connectivity index (χ1n) is 9.57. The summed E-state index contributed by atoms with van der Waals surface area (Å²) in [6, 6.07) is 7.16. The third-order valence-corrected chi connectivity index (χ3v) is 5.37. The molecule has 0 saturated carbocycles. The van der Waals surface area contributed by atoms with Crippen LogP contribution in [-0.4, -0.2) is 42.1 Å². The number of ether oxygens (including phenoxy) is 1. The van der Waals surface area contributed by atoms with E-state index in [1.165, 1.54) is 0 Å². The van der Waals surface area contributed by atoms with Crippen LogP contribution in [0.3, 0.4) is 0 Å². The van der Waals surface area contributed by atoms with Crippen molar-refractivity contribution in [2.45, 2.75) is 26.7 Å². The Bertz CT molecular complexity index is 1060. The molecule has 0 bridgehead atoms. The van der Waals surface area contributed by atoms with Crippen molar-refractivity contribution in [1.82, 2.24) is 10.1 Å². The van der Waals surface area contributed by atoms with Gasteiger partial charge in [-0.15, -0.1) is 0 Å². The van der Waals surface area contributed by atoms with E-state index in [1.807, 2.05) is 13.0 Å². The SMILES string of the molecule is COc1ccc2oc(C(=O)N3CCC(C(=O)Nc4cc(C)on4)CC3)c(C)c2c1. The van der Waals surface area contributed by atoms with Crippen LogP contribution in [0.25, 0.3) is 11.0 Å². The Balaban J connectivity index is 1.42. The number of aryl methyl sites for hydroxylation is 2. The zero-order chi connectivity index (χ0) is 20.5. The molecule has 0 atom stereocenters. The number of benzene rings is 1. The Morgan fingerprint density at radius 1 is 1.21 bits per heavy atom. The van der Waals surface area contributed by atoms with Gasteiger partial charge in [0.05, 0.1) is 7.11 Å². The Morgan fingerprint density at radius 3 is 2.62 bits per heavy atom. The number of carbonyl (C=O) groups excluding carboxylic acids is 2. The summed E-state index contributed by atoms with van der Waals surface area (Å²) in [5.74, 6) is 1.70. The van der Waals surface area contributed by atoms with Crippen molar-refractivity contribution in [3.05, 3.63) is 41.3 Å². The number of methoxy groups -OCH3 is 1. The van der Waals surface area contributed by atoms with Crippen LogP contribution >= 0.6 is 0 Å². The van der Waals surface area contributed by atoms with Crippen molar-refractivity contribution in [2.75, 3.05) is 25.5 Å². The maximum atomic E-state index is 13.0. The van der Waals surface area contributed by atoms with Crippen molar-refractivity contribution in [1.29, 1.82) is 0 Å². The van der Waals surface area contributed by atoms with Gasteiger partial charge in [-0.3, -0.25) is 9.59 Å². The van der Waals surface area contributed by atoms with Crippen LogP contribution in [0.4, 0.5) is 5.82 Å². The Kier molecular flexibility index (Phi) is 5.00. The van der Waals surface area contributed by atoms with E-state index >= 15 is 0 Å². The lowest BCUT2D eigenvalue weighted by Gasteiger charge is -2.30. The van der Waals surface area contributed by atoms with Crippen molar-refractivity contribution >= 4 is 28.6 Å². The number of nitrogens with one attached hydrogen (secondary N) is 1. The second kappa shape index (κ2) is 7.62. The molecule has 0 unspecified atom stereocenters. The molecule has 2 amide bonds.